The highest BCUT2D eigenvalue weighted by molar-refractivity contribution is 5.79. The standard InChI is InChI=1S/C15H22FNO3/c1-11-7-6-8-12(13(11)16)20-10-5-4-9-15(2,17)14(18)19-3/h6-8H,4-5,9-10,17H2,1-3H3. The van der Waals surface area contributed by atoms with Crippen LogP contribution in [0.3, 0.4) is 0 Å². The van der Waals surface area contributed by atoms with Gasteiger partial charge in [-0.15, -0.1) is 0 Å². The average molecular weight is 283 g/mol. The largest absolute Gasteiger partial charge is 0.491 e. The van der Waals surface area contributed by atoms with Gasteiger partial charge in [0.15, 0.2) is 11.6 Å². The Morgan fingerprint density at radius 3 is 2.75 bits per heavy atom. The molecule has 0 heterocycles. The van der Waals surface area contributed by atoms with Crippen molar-refractivity contribution in [1.82, 2.24) is 0 Å². The van der Waals surface area contributed by atoms with Crippen LogP contribution in [-0.4, -0.2) is 25.2 Å². The van der Waals surface area contributed by atoms with Gasteiger partial charge in [0.2, 0.25) is 0 Å². The molecule has 0 aromatic heterocycles. The summed E-state index contributed by atoms with van der Waals surface area (Å²) in [5.41, 5.74) is 5.41. The number of hydrogen-bond acceptors (Lipinski definition) is 4. The number of unbranched alkanes of at least 4 members (excludes halogenated alkanes) is 1. The summed E-state index contributed by atoms with van der Waals surface area (Å²) < 4.78 is 23.7. The minimum Gasteiger partial charge on any atom is -0.491 e. The second-order valence-corrected chi connectivity index (χ2v) is 5.10. The zero-order chi connectivity index (χ0) is 15.2. The smallest absolute Gasteiger partial charge is 0.325 e. The number of rotatable bonds is 7. The highest BCUT2D eigenvalue weighted by Gasteiger charge is 2.28. The van der Waals surface area contributed by atoms with E-state index in [1.165, 1.54) is 7.11 Å². The molecule has 0 spiro atoms. The fourth-order valence-electron chi connectivity index (χ4n) is 1.84. The van der Waals surface area contributed by atoms with E-state index in [-0.39, 0.29) is 11.6 Å². The molecule has 0 bridgehead atoms. The molecular weight excluding hydrogens is 261 g/mol. The zero-order valence-electron chi connectivity index (χ0n) is 12.2. The highest BCUT2D eigenvalue weighted by Crippen LogP contribution is 2.20. The Morgan fingerprint density at radius 2 is 2.10 bits per heavy atom. The Morgan fingerprint density at radius 1 is 1.40 bits per heavy atom. The lowest BCUT2D eigenvalue weighted by atomic mass is 9.96. The van der Waals surface area contributed by atoms with Crippen molar-refractivity contribution in [3.05, 3.63) is 29.6 Å². The SMILES string of the molecule is COC(=O)C(C)(N)CCCCOc1cccc(C)c1F. The summed E-state index contributed by atoms with van der Waals surface area (Å²) >= 11 is 0. The maximum absolute atomic E-state index is 13.6. The molecule has 1 atom stereocenters. The van der Waals surface area contributed by atoms with Gasteiger partial charge in [-0.05, 0) is 44.7 Å². The van der Waals surface area contributed by atoms with Crippen molar-refractivity contribution in [2.24, 2.45) is 5.73 Å². The van der Waals surface area contributed by atoms with Crippen LogP contribution in [0.4, 0.5) is 4.39 Å². The monoisotopic (exact) mass is 283 g/mol. The molecule has 0 aliphatic rings. The van der Waals surface area contributed by atoms with Crippen LogP contribution in [0.15, 0.2) is 18.2 Å². The average Bonchev–Trinajstić information content (AvgIpc) is 2.41. The van der Waals surface area contributed by atoms with Crippen LogP contribution in [0.2, 0.25) is 0 Å². The number of carbonyl (C=O) groups is 1. The second-order valence-electron chi connectivity index (χ2n) is 5.10. The van der Waals surface area contributed by atoms with E-state index < -0.39 is 11.5 Å². The number of halogens is 1. The van der Waals surface area contributed by atoms with Gasteiger partial charge in [-0.1, -0.05) is 12.1 Å². The quantitative estimate of drug-likeness (QED) is 0.617. The number of esters is 1. The number of hydrogen-bond donors (Lipinski definition) is 1. The predicted octanol–water partition coefficient (Wildman–Crippen LogP) is 2.57. The molecule has 1 aromatic carbocycles. The molecule has 2 N–H and O–H groups in total. The van der Waals surface area contributed by atoms with Crippen molar-refractivity contribution < 1.29 is 18.7 Å². The number of benzene rings is 1. The third kappa shape index (κ3) is 4.49. The van der Waals surface area contributed by atoms with Crippen LogP contribution in [0.25, 0.3) is 0 Å². The van der Waals surface area contributed by atoms with Crippen molar-refractivity contribution in [2.45, 2.75) is 38.6 Å². The summed E-state index contributed by atoms with van der Waals surface area (Å²) in [6, 6.07) is 5.05. The first-order valence-corrected chi connectivity index (χ1v) is 6.63. The van der Waals surface area contributed by atoms with Crippen LogP contribution >= 0.6 is 0 Å². The molecule has 112 valence electrons. The summed E-state index contributed by atoms with van der Waals surface area (Å²) in [6.45, 7) is 3.72. The van der Waals surface area contributed by atoms with Crippen molar-refractivity contribution in [2.75, 3.05) is 13.7 Å². The van der Waals surface area contributed by atoms with Gasteiger partial charge in [-0.3, -0.25) is 4.79 Å². The molecule has 20 heavy (non-hydrogen) atoms. The summed E-state index contributed by atoms with van der Waals surface area (Å²) in [7, 11) is 1.32. The lowest BCUT2D eigenvalue weighted by Crippen LogP contribution is -2.45. The molecule has 0 radical (unpaired) electrons. The van der Waals surface area contributed by atoms with E-state index in [1.807, 2.05) is 0 Å². The number of methoxy groups -OCH3 is 1. The molecule has 4 nitrogen and oxygen atoms in total. The van der Waals surface area contributed by atoms with Gasteiger partial charge in [-0.2, -0.15) is 0 Å². The predicted molar refractivity (Wildman–Crippen MR) is 75.1 cm³/mol. The molecule has 1 rings (SSSR count). The lowest BCUT2D eigenvalue weighted by molar-refractivity contribution is -0.146. The Kier molecular flexibility index (Phi) is 5.95. The molecule has 0 aliphatic heterocycles. The summed E-state index contributed by atoms with van der Waals surface area (Å²) in [6.07, 6.45) is 1.89. The fraction of sp³-hybridized carbons (Fsp3) is 0.533. The minimum atomic E-state index is -0.983. The van der Waals surface area contributed by atoms with Crippen molar-refractivity contribution in [3.63, 3.8) is 0 Å². The number of ether oxygens (including phenoxy) is 2. The van der Waals surface area contributed by atoms with Crippen LogP contribution < -0.4 is 10.5 Å². The normalized spacial score (nSPS) is 13.7. The van der Waals surface area contributed by atoms with Gasteiger partial charge in [-0.25, -0.2) is 4.39 Å². The van der Waals surface area contributed by atoms with Crippen molar-refractivity contribution >= 4 is 5.97 Å². The maximum Gasteiger partial charge on any atom is 0.325 e. The van der Waals surface area contributed by atoms with Crippen molar-refractivity contribution in [3.8, 4) is 5.75 Å². The van der Waals surface area contributed by atoms with Gasteiger partial charge in [0.25, 0.3) is 0 Å². The Labute approximate surface area is 119 Å². The third-order valence-corrected chi connectivity index (χ3v) is 3.16. The second kappa shape index (κ2) is 7.24. The summed E-state index contributed by atoms with van der Waals surface area (Å²) in [5, 5.41) is 0. The molecule has 5 heteroatoms. The van der Waals surface area contributed by atoms with E-state index in [1.54, 1.807) is 32.0 Å². The number of carbonyl (C=O) groups excluding carboxylic acids is 1. The van der Waals surface area contributed by atoms with E-state index >= 15 is 0 Å². The highest BCUT2D eigenvalue weighted by atomic mass is 19.1. The summed E-state index contributed by atoms with van der Waals surface area (Å²) in [5.74, 6) is -0.498. The Balaban J connectivity index is 2.32. The van der Waals surface area contributed by atoms with Gasteiger partial charge >= 0.3 is 5.97 Å². The van der Waals surface area contributed by atoms with E-state index in [4.69, 9.17) is 10.5 Å². The molecular formula is C15H22FNO3. The van der Waals surface area contributed by atoms with E-state index in [0.29, 0.717) is 31.4 Å². The maximum atomic E-state index is 13.6. The van der Waals surface area contributed by atoms with Crippen LogP contribution in [0, 0.1) is 12.7 Å². The van der Waals surface area contributed by atoms with E-state index in [2.05, 4.69) is 4.74 Å². The number of nitrogens with two attached hydrogens (primary N) is 1. The molecule has 0 saturated heterocycles. The fourth-order valence-corrected chi connectivity index (χ4v) is 1.84. The van der Waals surface area contributed by atoms with Crippen molar-refractivity contribution in [1.29, 1.82) is 0 Å². The van der Waals surface area contributed by atoms with Gasteiger partial charge < -0.3 is 15.2 Å². The van der Waals surface area contributed by atoms with Crippen LogP contribution in [-0.2, 0) is 9.53 Å². The lowest BCUT2D eigenvalue weighted by Gasteiger charge is -2.21. The zero-order valence-corrected chi connectivity index (χ0v) is 12.2. The van der Waals surface area contributed by atoms with Crippen LogP contribution in [0.1, 0.15) is 31.7 Å². The van der Waals surface area contributed by atoms with Gasteiger partial charge in [0.1, 0.15) is 5.54 Å². The molecule has 1 aromatic rings. The molecule has 1 unspecified atom stereocenters. The first kappa shape index (κ1) is 16.4. The first-order valence-electron chi connectivity index (χ1n) is 6.63. The van der Waals surface area contributed by atoms with E-state index in [0.717, 1.165) is 0 Å². The molecule has 0 saturated carbocycles. The number of aryl methyl sites for hydroxylation is 1. The minimum absolute atomic E-state index is 0.258. The summed E-state index contributed by atoms with van der Waals surface area (Å²) in [4.78, 5) is 11.4. The van der Waals surface area contributed by atoms with E-state index in [9.17, 15) is 9.18 Å². The Hall–Kier alpha value is -1.62. The third-order valence-electron chi connectivity index (χ3n) is 3.16. The Bertz CT molecular complexity index is 460. The van der Waals surface area contributed by atoms with Gasteiger partial charge in [0.05, 0.1) is 13.7 Å². The van der Waals surface area contributed by atoms with Gasteiger partial charge in [0, 0.05) is 0 Å². The molecule has 0 aliphatic carbocycles. The molecule has 0 amide bonds. The topological polar surface area (TPSA) is 61.5 Å². The molecule has 0 fully saturated rings. The van der Waals surface area contributed by atoms with Crippen LogP contribution in [0.5, 0.6) is 5.75 Å². The first-order chi connectivity index (χ1) is 9.38.